The first-order chi connectivity index (χ1) is 16.2. The number of ether oxygens (including phenoxy) is 1. The summed E-state index contributed by atoms with van der Waals surface area (Å²) in [6.45, 7) is 7.57. The molecule has 3 aromatic rings. The number of fused-ring (bicyclic) bond motifs is 1. The fraction of sp³-hybridized carbons (Fsp3) is 0.400. The Balaban J connectivity index is 1.61. The number of sulfonamides is 1. The summed E-state index contributed by atoms with van der Waals surface area (Å²) < 4.78 is 39.0. The molecule has 0 aliphatic heterocycles. The first kappa shape index (κ1) is 23.9. The lowest BCUT2D eigenvalue weighted by Crippen LogP contribution is -2.31. The largest absolute Gasteiger partial charge is 0.490 e. The molecule has 1 aromatic heterocycles. The summed E-state index contributed by atoms with van der Waals surface area (Å²) in [5, 5.41) is 13.7. The second-order valence-corrected chi connectivity index (χ2v) is 11.0. The van der Waals surface area contributed by atoms with Crippen molar-refractivity contribution >= 4 is 10.0 Å². The molecule has 0 fully saturated rings. The molecule has 8 nitrogen and oxygen atoms in total. The fourth-order valence-corrected chi connectivity index (χ4v) is 5.90. The van der Waals surface area contributed by atoms with Gasteiger partial charge in [-0.2, -0.15) is 10.2 Å². The number of aromatic nitrogens is 2. The molecule has 0 amide bonds. The molecule has 1 aliphatic carbocycles. The second kappa shape index (κ2) is 9.57. The summed E-state index contributed by atoms with van der Waals surface area (Å²) in [6, 6.07) is 12.8. The van der Waals surface area contributed by atoms with Crippen LogP contribution in [-0.2, 0) is 16.4 Å². The minimum Gasteiger partial charge on any atom is -0.490 e. The van der Waals surface area contributed by atoms with Gasteiger partial charge in [0.1, 0.15) is 11.8 Å². The third-order valence-corrected chi connectivity index (χ3v) is 7.27. The summed E-state index contributed by atoms with van der Waals surface area (Å²) >= 11 is 0. The second-order valence-electron chi connectivity index (χ2n) is 9.17. The molecule has 2 aromatic carbocycles. The molecule has 1 N–H and O–H groups in total. The van der Waals surface area contributed by atoms with Gasteiger partial charge in [0.05, 0.1) is 17.4 Å². The lowest BCUT2D eigenvalue weighted by Gasteiger charge is -2.16. The van der Waals surface area contributed by atoms with Gasteiger partial charge in [0.15, 0.2) is 0 Å². The van der Waals surface area contributed by atoms with Gasteiger partial charge >= 0.3 is 0 Å². The Morgan fingerprint density at radius 3 is 2.74 bits per heavy atom. The Hall–Kier alpha value is -3.22. The minimum absolute atomic E-state index is 0.0493. The van der Waals surface area contributed by atoms with Crippen molar-refractivity contribution in [3.8, 4) is 34.7 Å². The summed E-state index contributed by atoms with van der Waals surface area (Å²) in [6.07, 6.45) is 1.34. The van der Waals surface area contributed by atoms with Crippen molar-refractivity contribution in [2.75, 3.05) is 5.75 Å². The van der Waals surface area contributed by atoms with Gasteiger partial charge in [0, 0.05) is 17.2 Å². The van der Waals surface area contributed by atoms with Crippen LogP contribution in [0.25, 0.3) is 22.8 Å². The zero-order valence-corrected chi connectivity index (χ0v) is 20.5. The van der Waals surface area contributed by atoms with Crippen molar-refractivity contribution in [1.29, 1.82) is 5.26 Å². The Labute approximate surface area is 200 Å². The Bertz CT molecular complexity index is 1340. The molecule has 0 spiro atoms. The monoisotopic (exact) mass is 480 g/mol. The van der Waals surface area contributed by atoms with Crippen LogP contribution in [0.15, 0.2) is 40.9 Å². The van der Waals surface area contributed by atoms with Crippen molar-refractivity contribution in [1.82, 2.24) is 14.9 Å². The first-order valence-corrected chi connectivity index (χ1v) is 13.0. The van der Waals surface area contributed by atoms with Crippen LogP contribution in [-0.4, -0.2) is 30.4 Å². The van der Waals surface area contributed by atoms with Crippen LogP contribution in [0.3, 0.4) is 0 Å². The molecule has 0 radical (unpaired) electrons. The quantitative estimate of drug-likeness (QED) is 0.499. The average molecular weight is 481 g/mol. The van der Waals surface area contributed by atoms with E-state index in [4.69, 9.17) is 9.26 Å². The fourth-order valence-electron chi connectivity index (χ4n) is 4.25. The molecule has 34 heavy (non-hydrogen) atoms. The summed E-state index contributed by atoms with van der Waals surface area (Å²) in [5.74, 6) is 1.38. The van der Waals surface area contributed by atoms with Crippen LogP contribution in [0, 0.1) is 17.2 Å². The van der Waals surface area contributed by atoms with Crippen LogP contribution < -0.4 is 9.46 Å². The van der Waals surface area contributed by atoms with Gasteiger partial charge in [-0.25, -0.2) is 13.1 Å². The molecule has 4 rings (SSSR count). The van der Waals surface area contributed by atoms with Crippen LogP contribution in [0.5, 0.6) is 5.75 Å². The van der Waals surface area contributed by atoms with Crippen LogP contribution in [0.1, 0.15) is 56.8 Å². The third-order valence-electron chi connectivity index (χ3n) is 5.52. The van der Waals surface area contributed by atoms with Gasteiger partial charge in [-0.1, -0.05) is 37.2 Å². The van der Waals surface area contributed by atoms with Crippen molar-refractivity contribution in [3.63, 3.8) is 0 Å². The van der Waals surface area contributed by atoms with Crippen molar-refractivity contribution in [2.24, 2.45) is 5.92 Å². The van der Waals surface area contributed by atoms with Crippen LogP contribution in [0.4, 0.5) is 0 Å². The van der Waals surface area contributed by atoms with Crippen molar-refractivity contribution in [3.05, 3.63) is 53.1 Å². The molecule has 0 saturated heterocycles. The molecule has 1 atom stereocenters. The Kier molecular flexibility index (Phi) is 6.73. The number of hydrogen-bond acceptors (Lipinski definition) is 7. The summed E-state index contributed by atoms with van der Waals surface area (Å²) in [4.78, 5) is 4.57. The molecule has 0 unspecified atom stereocenters. The van der Waals surface area contributed by atoms with Gasteiger partial charge in [-0.05, 0) is 61.9 Å². The molecule has 0 saturated carbocycles. The predicted octanol–water partition coefficient (Wildman–Crippen LogP) is 4.63. The van der Waals surface area contributed by atoms with Gasteiger partial charge in [-0.15, -0.1) is 0 Å². The maximum atomic E-state index is 12.5. The SMILES string of the molecule is CC(C)CS(=O)(=O)N[C@@H]1CCc2c(-c3noc(-c4ccc(OC(C)C)c(C#N)c4)n3)cccc21. The molecule has 1 heterocycles. The number of benzene rings is 2. The number of rotatable bonds is 8. The maximum absolute atomic E-state index is 12.5. The van der Waals surface area contributed by atoms with Gasteiger partial charge in [-0.3, -0.25) is 0 Å². The predicted molar refractivity (Wildman–Crippen MR) is 128 cm³/mol. The number of hydrogen-bond donors (Lipinski definition) is 1. The van der Waals surface area contributed by atoms with Crippen LogP contribution >= 0.6 is 0 Å². The van der Waals surface area contributed by atoms with E-state index in [-0.39, 0.29) is 23.8 Å². The average Bonchev–Trinajstić information content (AvgIpc) is 3.40. The highest BCUT2D eigenvalue weighted by Crippen LogP contribution is 2.38. The van der Waals surface area contributed by atoms with Gasteiger partial charge < -0.3 is 9.26 Å². The normalized spacial score (nSPS) is 15.5. The molecule has 178 valence electrons. The van der Waals surface area contributed by atoms with E-state index in [9.17, 15) is 13.7 Å². The maximum Gasteiger partial charge on any atom is 0.258 e. The van der Waals surface area contributed by atoms with E-state index in [0.717, 1.165) is 16.7 Å². The smallest absolute Gasteiger partial charge is 0.258 e. The van der Waals surface area contributed by atoms with E-state index < -0.39 is 10.0 Å². The number of nitrogens with one attached hydrogen (secondary N) is 1. The lowest BCUT2D eigenvalue weighted by molar-refractivity contribution is 0.241. The van der Waals surface area contributed by atoms with E-state index in [0.29, 0.717) is 41.4 Å². The van der Waals surface area contributed by atoms with E-state index >= 15 is 0 Å². The first-order valence-electron chi connectivity index (χ1n) is 11.3. The zero-order chi connectivity index (χ0) is 24.5. The van der Waals surface area contributed by atoms with E-state index in [1.807, 2.05) is 45.9 Å². The van der Waals surface area contributed by atoms with Crippen LogP contribution in [0.2, 0.25) is 0 Å². The van der Waals surface area contributed by atoms with Gasteiger partial charge in [0.2, 0.25) is 15.8 Å². The number of nitriles is 1. The highest BCUT2D eigenvalue weighted by molar-refractivity contribution is 7.89. The Morgan fingerprint density at radius 1 is 1.24 bits per heavy atom. The zero-order valence-electron chi connectivity index (χ0n) is 19.7. The topological polar surface area (TPSA) is 118 Å². The molecular weight excluding hydrogens is 452 g/mol. The molecule has 1 aliphatic rings. The van der Waals surface area contributed by atoms with E-state index in [1.165, 1.54) is 0 Å². The highest BCUT2D eigenvalue weighted by atomic mass is 32.2. The summed E-state index contributed by atoms with van der Waals surface area (Å²) in [7, 11) is -3.37. The van der Waals surface area contributed by atoms with Gasteiger partial charge in [0.25, 0.3) is 5.89 Å². The molecule has 9 heteroatoms. The van der Waals surface area contributed by atoms with E-state index in [2.05, 4.69) is 20.9 Å². The highest BCUT2D eigenvalue weighted by Gasteiger charge is 2.29. The lowest BCUT2D eigenvalue weighted by atomic mass is 10.0. The van der Waals surface area contributed by atoms with Crippen molar-refractivity contribution in [2.45, 2.75) is 52.7 Å². The molecule has 0 bridgehead atoms. The number of nitrogens with zero attached hydrogens (tertiary/aromatic N) is 3. The third kappa shape index (κ3) is 5.13. The minimum atomic E-state index is -3.37. The van der Waals surface area contributed by atoms with Crippen molar-refractivity contribution < 1.29 is 17.7 Å². The Morgan fingerprint density at radius 2 is 2.03 bits per heavy atom. The van der Waals surface area contributed by atoms with E-state index in [1.54, 1.807) is 18.2 Å². The summed E-state index contributed by atoms with van der Waals surface area (Å²) in [5.41, 5.74) is 3.79. The molecular formula is C25H28N4O4S. The standard InChI is InChI=1S/C25H28N4O4S/c1-15(2)14-34(30,31)29-22-10-9-19-20(22)6-5-7-21(19)24-27-25(33-28-24)17-8-11-23(32-16(3)4)18(12-17)13-26/h5-8,11-12,15-16,22,29H,9-10,14H2,1-4H3/t22-/m1/s1.